The van der Waals surface area contributed by atoms with E-state index in [0.29, 0.717) is 22.9 Å². The van der Waals surface area contributed by atoms with Crippen LogP contribution in [0.1, 0.15) is 15.9 Å². The number of pyridine rings is 2. The van der Waals surface area contributed by atoms with Gasteiger partial charge in [-0.25, -0.2) is 4.98 Å². The van der Waals surface area contributed by atoms with Crippen LogP contribution in [0, 0.1) is 0 Å². The molecule has 0 atom stereocenters. The lowest BCUT2D eigenvalue weighted by Crippen LogP contribution is -2.15. The van der Waals surface area contributed by atoms with Crippen molar-refractivity contribution in [1.82, 2.24) is 9.97 Å². The number of aromatic nitrogens is 2. The van der Waals surface area contributed by atoms with Crippen LogP contribution in [0.25, 0.3) is 0 Å². The van der Waals surface area contributed by atoms with E-state index in [0.717, 1.165) is 5.56 Å². The molecular weight excluding hydrogens is 252 g/mol. The first kappa shape index (κ1) is 12.3. The van der Waals surface area contributed by atoms with E-state index < -0.39 is 5.91 Å². The standard InChI is InChI=1S/C12H11ClN4O/c13-11-4-10(9(7-17-11)12(14)18)16-6-8-2-1-3-15-5-8/h1-5,7H,6H2,(H2,14,18)(H,16,17). The number of primary amides is 1. The zero-order valence-electron chi connectivity index (χ0n) is 9.43. The van der Waals surface area contributed by atoms with Gasteiger partial charge in [0.1, 0.15) is 5.15 Å². The molecule has 0 aromatic carbocycles. The van der Waals surface area contributed by atoms with Crippen LogP contribution in [0.15, 0.2) is 36.8 Å². The van der Waals surface area contributed by atoms with Gasteiger partial charge in [-0.3, -0.25) is 9.78 Å². The largest absolute Gasteiger partial charge is 0.380 e. The van der Waals surface area contributed by atoms with Crippen molar-refractivity contribution < 1.29 is 4.79 Å². The molecule has 2 aromatic heterocycles. The van der Waals surface area contributed by atoms with E-state index in [2.05, 4.69) is 15.3 Å². The molecule has 0 aliphatic heterocycles. The summed E-state index contributed by atoms with van der Waals surface area (Å²) >= 11 is 5.79. The van der Waals surface area contributed by atoms with Crippen molar-refractivity contribution in [1.29, 1.82) is 0 Å². The van der Waals surface area contributed by atoms with E-state index in [4.69, 9.17) is 17.3 Å². The van der Waals surface area contributed by atoms with Crippen molar-refractivity contribution in [3.05, 3.63) is 53.1 Å². The smallest absolute Gasteiger partial charge is 0.252 e. The maximum absolute atomic E-state index is 11.2. The van der Waals surface area contributed by atoms with Crippen molar-refractivity contribution in [3.8, 4) is 0 Å². The van der Waals surface area contributed by atoms with E-state index in [-0.39, 0.29) is 0 Å². The summed E-state index contributed by atoms with van der Waals surface area (Å²) in [5.74, 6) is -0.548. The van der Waals surface area contributed by atoms with Crippen LogP contribution in [0.5, 0.6) is 0 Å². The first-order chi connectivity index (χ1) is 8.66. The number of halogens is 1. The molecule has 0 aliphatic carbocycles. The van der Waals surface area contributed by atoms with Gasteiger partial charge in [-0.15, -0.1) is 0 Å². The van der Waals surface area contributed by atoms with Crippen LogP contribution < -0.4 is 11.1 Å². The van der Waals surface area contributed by atoms with Crippen molar-refractivity contribution in [2.75, 3.05) is 5.32 Å². The van der Waals surface area contributed by atoms with Crippen LogP contribution >= 0.6 is 11.6 Å². The van der Waals surface area contributed by atoms with Gasteiger partial charge in [0.15, 0.2) is 0 Å². The molecule has 0 fully saturated rings. The number of nitrogens with two attached hydrogens (primary N) is 1. The Hall–Kier alpha value is -2.14. The van der Waals surface area contributed by atoms with Crippen LogP contribution in [0.4, 0.5) is 5.69 Å². The maximum Gasteiger partial charge on any atom is 0.252 e. The van der Waals surface area contributed by atoms with E-state index >= 15 is 0 Å². The third kappa shape index (κ3) is 2.95. The Morgan fingerprint density at radius 3 is 2.94 bits per heavy atom. The second kappa shape index (κ2) is 5.46. The van der Waals surface area contributed by atoms with Gasteiger partial charge in [-0.05, 0) is 17.7 Å². The lowest BCUT2D eigenvalue weighted by atomic mass is 10.2. The predicted octanol–water partition coefficient (Wildman–Crippen LogP) is 1.84. The summed E-state index contributed by atoms with van der Waals surface area (Å²) in [6, 6.07) is 5.33. The second-order valence-electron chi connectivity index (χ2n) is 3.63. The molecule has 0 bridgehead atoms. The van der Waals surface area contributed by atoms with Gasteiger partial charge >= 0.3 is 0 Å². The van der Waals surface area contributed by atoms with Crippen molar-refractivity contribution in [2.45, 2.75) is 6.54 Å². The summed E-state index contributed by atoms with van der Waals surface area (Å²) in [4.78, 5) is 19.1. The van der Waals surface area contributed by atoms with E-state index in [9.17, 15) is 4.79 Å². The number of carbonyl (C=O) groups is 1. The van der Waals surface area contributed by atoms with Crippen molar-refractivity contribution >= 4 is 23.2 Å². The molecular formula is C12H11ClN4O. The topological polar surface area (TPSA) is 80.9 Å². The summed E-state index contributed by atoms with van der Waals surface area (Å²) in [6.45, 7) is 0.522. The van der Waals surface area contributed by atoms with Crippen LogP contribution in [-0.4, -0.2) is 15.9 Å². The highest BCUT2D eigenvalue weighted by Gasteiger charge is 2.09. The lowest BCUT2D eigenvalue weighted by Gasteiger charge is -2.09. The molecule has 1 amide bonds. The van der Waals surface area contributed by atoms with Crippen LogP contribution in [-0.2, 0) is 6.54 Å². The number of nitrogens with zero attached hydrogens (tertiary/aromatic N) is 2. The first-order valence-electron chi connectivity index (χ1n) is 5.25. The first-order valence-corrected chi connectivity index (χ1v) is 5.63. The second-order valence-corrected chi connectivity index (χ2v) is 4.02. The van der Waals surface area contributed by atoms with Crippen LogP contribution in [0.3, 0.4) is 0 Å². The SMILES string of the molecule is NC(=O)c1cnc(Cl)cc1NCc1cccnc1. The number of rotatable bonds is 4. The van der Waals surface area contributed by atoms with Gasteiger partial charge in [0.2, 0.25) is 0 Å². The molecule has 18 heavy (non-hydrogen) atoms. The fraction of sp³-hybridized carbons (Fsp3) is 0.0833. The molecule has 92 valence electrons. The minimum atomic E-state index is -0.548. The normalized spacial score (nSPS) is 10.1. The summed E-state index contributed by atoms with van der Waals surface area (Å²) < 4.78 is 0. The Labute approximate surface area is 109 Å². The molecule has 2 heterocycles. The fourth-order valence-corrected chi connectivity index (χ4v) is 1.63. The molecule has 3 N–H and O–H groups in total. The quantitative estimate of drug-likeness (QED) is 0.824. The molecule has 6 heteroatoms. The van der Waals surface area contributed by atoms with Crippen molar-refractivity contribution in [3.63, 3.8) is 0 Å². The molecule has 2 rings (SSSR count). The number of hydrogen-bond donors (Lipinski definition) is 2. The molecule has 0 aliphatic rings. The highest BCUT2D eigenvalue weighted by molar-refractivity contribution is 6.29. The molecule has 2 aromatic rings. The monoisotopic (exact) mass is 262 g/mol. The highest BCUT2D eigenvalue weighted by atomic mass is 35.5. The van der Waals surface area contributed by atoms with Gasteiger partial charge in [0, 0.05) is 25.1 Å². The Bertz CT molecular complexity index is 559. The highest BCUT2D eigenvalue weighted by Crippen LogP contribution is 2.19. The number of carbonyl (C=O) groups excluding carboxylic acids is 1. The van der Waals surface area contributed by atoms with Gasteiger partial charge in [-0.1, -0.05) is 17.7 Å². The Kier molecular flexibility index (Phi) is 3.74. The summed E-state index contributed by atoms with van der Waals surface area (Å²) in [5, 5.41) is 3.39. The van der Waals surface area contributed by atoms with Gasteiger partial charge in [-0.2, -0.15) is 0 Å². The van der Waals surface area contributed by atoms with Gasteiger partial charge in [0.05, 0.1) is 11.3 Å². The minimum absolute atomic E-state index is 0.300. The predicted molar refractivity (Wildman–Crippen MR) is 69.3 cm³/mol. The average molecular weight is 263 g/mol. The number of anilines is 1. The summed E-state index contributed by atoms with van der Waals surface area (Å²) in [7, 11) is 0. The average Bonchev–Trinajstić information content (AvgIpc) is 2.37. The lowest BCUT2D eigenvalue weighted by molar-refractivity contribution is 0.100. The Morgan fingerprint density at radius 1 is 1.44 bits per heavy atom. The third-order valence-corrected chi connectivity index (χ3v) is 2.55. The maximum atomic E-state index is 11.2. The van der Waals surface area contributed by atoms with E-state index in [1.165, 1.54) is 6.20 Å². The zero-order chi connectivity index (χ0) is 13.0. The molecule has 0 radical (unpaired) electrons. The number of nitrogens with one attached hydrogen (secondary N) is 1. The fourth-order valence-electron chi connectivity index (χ4n) is 1.47. The molecule has 0 spiro atoms. The molecule has 5 nitrogen and oxygen atoms in total. The zero-order valence-corrected chi connectivity index (χ0v) is 10.2. The molecule has 0 saturated heterocycles. The number of amides is 1. The minimum Gasteiger partial charge on any atom is -0.380 e. The number of hydrogen-bond acceptors (Lipinski definition) is 4. The van der Waals surface area contributed by atoms with Crippen molar-refractivity contribution in [2.24, 2.45) is 5.73 Å². The molecule has 0 saturated carbocycles. The Balaban J connectivity index is 2.18. The van der Waals surface area contributed by atoms with Gasteiger partial charge in [0.25, 0.3) is 5.91 Å². The third-order valence-electron chi connectivity index (χ3n) is 2.34. The Morgan fingerprint density at radius 2 is 2.28 bits per heavy atom. The van der Waals surface area contributed by atoms with Gasteiger partial charge < -0.3 is 11.1 Å². The summed E-state index contributed by atoms with van der Waals surface area (Å²) in [5.41, 5.74) is 7.12. The van der Waals surface area contributed by atoms with Crippen LogP contribution in [0.2, 0.25) is 5.15 Å². The summed E-state index contributed by atoms with van der Waals surface area (Å²) in [6.07, 6.45) is 4.79. The van der Waals surface area contributed by atoms with E-state index in [1.54, 1.807) is 18.5 Å². The molecule has 0 unspecified atom stereocenters. The van der Waals surface area contributed by atoms with E-state index in [1.807, 2.05) is 12.1 Å².